The van der Waals surface area contributed by atoms with Gasteiger partial charge < -0.3 is 15.1 Å². The number of piperidine rings is 1. The zero-order valence-electron chi connectivity index (χ0n) is 9.61. The molecule has 1 saturated heterocycles. The van der Waals surface area contributed by atoms with Crippen molar-refractivity contribution in [3.05, 3.63) is 23.7 Å². The van der Waals surface area contributed by atoms with Crippen LogP contribution >= 0.6 is 0 Å². The lowest BCUT2D eigenvalue weighted by Crippen LogP contribution is -2.46. The molecule has 2 N–H and O–H groups in total. The number of nitrogens with zero attached hydrogens (tertiary/aromatic N) is 1. The molecule has 1 unspecified atom stereocenters. The van der Waals surface area contributed by atoms with Gasteiger partial charge in [-0.3, -0.25) is 4.79 Å². The molecule has 16 heavy (non-hydrogen) atoms. The average Bonchev–Trinajstić information content (AvgIpc) is 2.64. The first-order valence-electron chi connectivity index (χ1n) is 5.74. The molecule has 2 heterocycles. The summed E-state index contributed by atoms with van der Waals surface area (Å²) in [5.74, 6) is 1.70. The topological polar surface area (TPSA) is 59.5 Å². The van der Waals surface area contributed by atoms with Crippen LogP contribution in [0.1, 0.15) is 24.4 Å². The van der Waals surface area contributed by atoms with Crippen LogP contribution < -0.4 is 5.73 Å². The third kappa shape index (κ3) is 2.64. The van der Waals surface area contributed by atoms with Crippen molar-refractivity contribution in [2.75, 3.05) is 13.1 Å². The number of furan rings is 1. The Bertz CT molecular complexity index is 373. The van der Waals surface area contributed by atoms with Crippen LogP contribution in [0.25, 0.3) is 0 Å². The van der Waals surface area contributed by atoms with E-state index >= 15 is 0 Å². The maximum Gasteiger partial charge on any atom is 0.230 e. The second kappa shape index (κ2) is 4.70. The van der Waals surface area contributed by atoms with Gasteiger partial charge in [0.25, 0.3) is 0 Å². The molecule has 1 aromatic heterocycles. The number of aryl methyl sites for hydroxylation is 1. The molecular formula is C12H18N2O2. The Hall–Kier alpha value is -1.29. The number of rotatable bonds is 2. The second-order valence-corrected chi connectivity index (χ2v) is 4.43. The van der Waals surface area contributed by atoms with Gasteiger partial charge in [-0.05, 0) is 31.9 Å². The van der Waals surface area contributed by atoms with Crippen LogP contribution in [0.15, 0.2) is 16.5 Å². The summed E-state index contributed by atoms with van der Waals surface area (Å²) < 4.78 is 5.39. The molecular weight excluding hydrogens is 204 g/mol. The van der Waals surface area contributed by atoms with E-state index in [1.807, 2.05) is 24.0 Å². The zero-order chi connectivity index (χ0) is 11.5. The molecule has 1 aromatic rings. The number of amides is 1. The zero-order valence-corrected chi connectivity index (χ0v) is 9.61. The average molecular weight is 222 g/mol. The van der Waals surface area contributed by atoms with Gasteiger partial charge in [-0.2, -0.15) is 0 Å². The van der Waals surface area contributed by atoms with Gasteiger partial charge in [0.2, 0.25) is 5.91 Å². The number of carbonyl (C=O) groups is 1. The van der Waals surface area contributed by atoms with Crippen LogP contribution in [0.4, 0.5) is 0 Å². The molecule has 1 aliphatic rings. The fraction of sp³-hybridized carbons (Fsp3) is 0.583. The molecule has 2 rings (SSSR count). The van der Waals surface area contributed by atoms with Crippen molar-refractivity contribution in [2.24, 2.45) is 5.73 Å². The number of hydrogen-bond acceptors (Lipinski definition) is 3. The molecule has 0 bridgehead atoms. The number of likely N-dealkylation sites (tertiary alicyclic amines) is 1. The summed E-state index contributed by atoms with van der Waals surface area (Å²) in [6, 6.07) is 3.87. The highest BCUT2D eigenvalue weighted by atomic mass is 16.3. The molecule has 88 valence electrons. The van der Waals surface area contributed by atoms with E-state index in [4.69, 9.17) is 10.2 Å². The SMILES string of the molecule is Cc1ccc(CC(=O)N2CCCC(N)C2)o1. The molecule has 0 aliphatic carbocycles. The van der Waals surface area contributed by atoms with Crippen molar-refractivity contribution in [1.29, 1.82) is 0 Å². The normalized spacial score (nSPS) is 21.1. The van der Waals surface area contributed by atoms with Crippen molar-refractivity contribution in [3.63, 3.8) is 0 Å². The Morgan fingerprint density at radius 2 is 2.44 bits per heavy atom. The van der Waals surface area contributed by atoms with Gasteiger partial charge in [0.05, 0.1) is 6.42 Å². The predicted molar refractivity (Wildman–Crippen MR) is 60.9 cm³/mol. The van der Waals surface area contributed by atoms with Gasteiger partial charge in [0, 0.05) is 19.1 Å². The van der Waals surface area contributed by atoms with Gasteiger partial charge in [-0.1, -0.05) is 0 Å². The Kier molecular flexibility index (Phi) is 3.29. The van der Waals surface area contributed by atoms with Crippen LogP contribution in [-0.2, 0) is 11.2 Å². The van der Waals surface area contributed by atoms with Crippen LogP contribution in [0.5, 0.6) is 0 Å². The Morgan fingerprint density at radius 1 is 1.62 bits per heavy atom. The molecule has 1 fully saturated rings. The van der Waals surface area contributed by atoms with E-state index in [1.165, 1.54) is 0 Å². The molecule has 4 nitrogen and oxygen atoms in total. The first-order valence-corrected chi connectivity index (χ1v) is 5.74. The largest absolute Gasteiger partial charge is 0.466 e. The highest BCUT2D eigenvalue weighted by Crippen LogP contribution is 2.12. The van der Waals surface area contributed by atoms with Crippen LogP contribution in [0, 0.1) is 6.92 Å². The van der Waals surface area contributed by atoms with Gasteiger partial charge in [0.1, 0.15) is 11.5 Å². The maximum absolute atomic E-state index is 11.9. The lowest BCUT2D eigenvalue weighted by atomic mass is 10.1. The highest BCUT2D eigenvalue weighted by Gasteiger charge is 2.21. The van der Waals surface area contributed by atoms with E-state index < -0.39 is 0 Å². The third-order valence-electron chi connectivity index (χ3n) is 2.93. The molecule has 0 spiro atoms. The van der Waals surface area contributed by atoms with Crippen LogP contribution in [0.3, 0.4) is 0 Å². The maximum atomic E-state index is 11.9. The number of nitrogens with two attached hydrogens (primary N) is 1. The summed E-state index contributed by atoms with van der Waals surface area (Å²) in [6.45, 7) is 3.38. The van der Waals surface area contributed by atoms with Gasteiger partial charge >= 0.3 is 0 Å². The summed E-state index contributed by atoms with van der Waals surface area (Å²) >= 11 is 0. The van der Waals surface area contributed by atoms with Crippen molar-refractivity contribution in [2.45, 2.75) is 32.2 Å². The molecule has 0 aromatic carbocycles. The van der Waals surface area contributed by atoms with E-state index in [2.05, 4.69) is 0 Å². The highest BCUT2D eigenvalue weighted by molar-refractivity contribution is 5.78. The summed E-state index contributed by atoms with van der Waals surface area (Å²) in [7, 11) is 0. The van der Waals surface area contributed by atoms with Gasteiger partial charge in [0.15, 0.2) is 0 Å². The van der Waals surface area contributed by atoms with E-state index in [-0.39, 0.29) is 11.9 Å². The number of hydrogen-bond donors (Lipinski definition) is 1. The standard InChI is InChI=1S/C12H18N2O2/c1-9-4-5-11(16-9)7-12(15)14-6-2-3-10(13)8-14/h4-5,10H,2-3,6-8,13H2,1H3. The van der Waals surface area contributed by atoms with E-state index in [9.17, 15) is 4.79 Å². The predicted octanol–water partition coefficient (Wildman–Crippen LogP) is 1.08. The Labute approximate surface area is 95.4 Å². The molecule has 1 amide bonds. The fourth-order valence-corrected chi connectivity index (χ4v) is 2.08. The monoisotopic (exact) mass is 222 g/mol. The lowest BCUT2D eigenvalue weighted by molar-refractivity contribution is -0.131. The lowest BCUT2D eigenvalue weighted by Gasteiger charge is -2.30. The smallest absolute Gasteiger partial charge is 0.230 e. The minimum atomic E-state index is 0.115. The molecule has 4 heteroatoms. The minimum absolute atomic E-state index is 0.115. The van der Waals surface area contributed by atoms with Gasteiger partial charge in [-0.25, -0.2) is 0 Å². The second-order valence-electron chi connectivity index (χ2n) is 4.43. The van der Waals surface area contributed by atoms with Gasteiger partial charge in [-0.15, -0.1) is 0 Å². The van der Waals surface area contributed by atoms with E-state index in [0.29, 0.717) is 13.0 Å². The quantitative estimate of drug-likeness (QED) is 0.814. The van der Waals surface area contributed by atoms with Crippen LogP contribution in [-0.4, -0.2) is 29.9 Å². The molecule has 1 aliphatic heterocycles. The minimum Gasteiger partial charge on any atom is -0.466 e. The van der Waals surface area contributed by atoms with Crippen molar-refractivity contribution >= 4 is 5.91 Å². The number of carbonyl (C=O) groups excluding carboxylic acids is 1. The van der Waals surface area contributed by atoms with Crippen LogP contribution in [0.2, 0.25) is 0 Å². The van der Waals surface area contributed by atoms with E-state index in [0.717, 1.165) is 30.9 Å². The summed E-state index contributed by atoms with van der Waals surface area (Å²) in [5.41, 5.74) is 5.84. The molecule has 0 saturated carbocycles. The van der Waals surface area contributed by atoms with Crippen molar-refractivity contribution < 1.29 is 9.21 Å². The Morgan fingerprint density at radius 3 is 3.06 bits per heavy atom. The van der Waals surface area contributed by atoms with E-state index in [1.54, 1.807) is 0 Å². The summed E-state index contributed by atoms with van der Waals surface area (Å²) in [4.78, 5) is 13.8. The fourth-order valence-electron chi connectivity index (χ4n) is 2.08. The van der Waals surface area contributed by atoms with Crippen molar-refractivity contribution in [3.8, 4) is 0 Å². The molecule has 1 atom stereocenters. The first-order chi connectivity index (χ1) is 7.65. The molecule has 0 radical (unpaired) electrons. The first kappa shape index (κ1) is 11.2. The summed E-state index contributed by atoms with van der Waals surface area (Å²) in [5, 5.41) is 0. The third-order valence-corrected chi connectivity index (χ3v) is 2.93. The van der Waals surface area contributed by atoms with Crippen molar-refractivity contribution in [1.82, 2.24) is 4.90 Å². The Balaban J connectivity index is 1.92. The summed E-state index contributed by atoms with van der Waals surface area (Å²) in [6.07, 6.45) is 2.37.